The summed E-state index contributed by atoms with van der Waals surface area (Å²) in [5.41, 5.74) is -0.545. The first-order chi connectivity index (χ1) is 24.5. The number of nitrogens with one attached hydrogen (secondary N) is 2. The number of alkyl halides is 3. The van der Waals surface area contributed by atoms with Crippen LogP contribution in [-0.2, 0) is 52.0 Å². The van der Waals surface area contributed by atoms with Gasteiger partial charge in [0, 0.05) is 73.4 Å². The molecule has 1 fully saturated rings. The minimum Gasteiger partial charge on any atom is -0.380 e. The number of nitrogens with zero attached hydrogens (tertiary/aromatic N) is 3. The van der Waals surface area contributed by atoms with E-state index in [1.807, 2.05) is 0 Å². The number of aryl methyl sites for hydroxylation is 1. The Bertz CT molecular complexity index is 2190. The van der Waals surface area contributed by atoms with E-state index >= 15 is 8.78 Å². The van der Waals surface area contributed by atoms with Crippen molar-refractivity contribution in [2.24, 2.45) is 7.05 Å². The normalized spacial score (nSPS) is 16.2. The van der Waals surface area contributed by atoms with Gasteiger partial charge in [-0.25, -0.2) is 13.8 Å². The SMILES string of the molecule is COCc1nc2c3c(c(C(F)(F)F)cc2n1C)-c1cccn2c(C(=O)c4cc(F)c(NC(=O)/C=C/CN[C@H]5CCOC5)c(F)c4)cc(c12)COC3. The number of benzene rings is 2. The Balaban J connectivity index is 1.25. The van der Waals surface area contributed by atoms with Crippen molar-refractivity contribution < 1.29 is 45.8 Å². The fraction of sp³-hybridized carbons (Fsp3) is 0.306. The second-order valence-electron chi connectivity index (χ2n) is 12.4. The summed E-state index contributed by atoms with van der Waals surface area (Å²) in [4.78, 5) is 30.8. The molecular formula is C36H32F5N5O5. The summed E-state index contributed by atoms with van der Waals surface area (Å²) in [6, 6.07) is 7.29. The summed E-state index contributed by atoms with van der Waals surface area (Å²) < 4.78 is 94.2. The lowest BCUT2D eigenvalue weighted by molar-refractivity contribution is -0.137. The second kappa shape index (κ2) is 13.6. The highest BCUT2D eigenvalue weighted by molar-refractivity contribution is 6.10. The van der Waals surface area contributed by atoms with E-state index in [4.69, 9.17) is 14.2 Å². The van der Waals surface area contributed by atoms with E-state index in [0.29, 0.717) is 36.7 Å². The Morgan fingerprint density at radius 2 is 1.90 bits per heavy atom. The quantitative estimate of drug-likeness (QED) is 0.109. The summed E-state index contributed by atoms with van der Waals surface area (Å²) in [5, 5.41) is 5.35. The van der Waals surface area contributed by atoms with Gasteiger partial charge in [-0.05, 0) is 36.8 Å². The minimum absolute atomic E-state index is 0.0533. The van der Waals surface area contributed by atoms with Crippen LogP contribution in [0.1, 0.15) is 45.0 Å². The average molecular weight is 710 g/mol. The van der Waals surface area contributed by atoms with Crippen LogP contribution in [0.4, 0.5) is 27.6 Å². The van der Waals surface area contributed by atoms with Gasteiger partial charge in [-0.15, -0.1) is 0 Å². The van der Waals surface area contributed by atoms with Gasteiger partial charge in [0.2, 0.25) is 11.7 Å². The van der Waals surface area contributed by atoms with Gasteiger partial charge in [-0.3, -0.25) is 9.59 Å². The van der Waals surface area contributed by atoms with Crippen molar-refractivity contribution in [1.82, 2.24) is 19.3 Å². The lowest BCUT2D eigenvalue weighted by atomic mass is 9.91. The molecule has 5 heterocycles. The Morgan fingerprint density at radius 1 is 1.12 bits per heavy atom. The van der Waals surface area contributed by atoms with E-state index in [1.54, 1.807) is 11.6 Å². The van der Waals surface area contributed by atoms with E-state index in [1.165, 1.54) is 42.0 Å². The van der Waals surface area contributed by atoms with E-state index < -0.39 is 40.8 Å². The van der Waals surface area contributed by atoms with Gasteiger partial charge in [0.05, 0.1) is 47.6 Å². The number of pyridine rings is 1. The van der Waals surface area contributed by atoms with Gasteiger partial charge < -0.3 is 33.8 Å². The minimum atomic E-state index is -4.77. The molecule has 0 bridgehead atoms. The number of carbonyl (C=O) groups excluding carboxylic acids is 2. The first kappa shape index (κ1) is 34.5. The molecule has 0 unspecified atom stereocenters. The molecule has 10 nitrogen and oxygen atoms in total. The highest BCUT2D eigenvalue weighted by Gasteiger charge is 2.38. The van der Waals surface area contributed by atoms with Gasteiger partial charge in [-0.2, -0.15) is 13.2 Å². The van der Waals surface area contributed by atoms with Crippen molar-refractivity contribution in [2.75, 3.05) is 32.2 Å². The number of rotatable bonds is 9. The fourth-order valence-electron chi connectivity index (χ4n) is 6.69. The zero-order chi connectivity index (χ0) is 36.0. The monoisotopic (exact) mass is 709 g/mol. The predicted molar refractivity (Wildman–Crippen MR) is 176 cm³/mol. The van der Waals surface area contributed by atoms with Crippen LogP contribution in [0, 0.1) is 11.6 Å². The molecule has 3 aromatic heterocycles. The molecule has 1 saturated heterocycles. The third-order valence-electron chi connectivity index (χ3n) is 9.10. The third-order valence-corrected chi connectivity index (χ3v) is 9.10. The number of carbonyl (C=O) groups is 2. The van der Waals surface area contributed by atoms with Crippen LogP contribution in [0.5, 0.6) is 0 Å². The van der Waals surface area contributed by atoms with E-state index in [0.717, 1.165) is 30.7 Å². The largest absolute Gasteiger partial charge is 0.417 e. The zero-order valence-corrected chi connectivity index (χ0v) is 27.5. The first-order valence-electron chi connectivity index (χ1n) is 16.1. The van der Waals surface area contributed by atoms with Crippen LogP contribution in [0.15, 0.2) is 54.7 Å². The number of hydrogen-bond acceptors (Lipinski definition) is 7. The van der Waals surface area contributed by atoms with Crippen molar-refractivity contribution in [1.29, 1.82) is 0 Å². The summed E-state index contributed by atoms with van der Waals surface area (Å²) in [5.74, 6) is -3.51. The molecule has 5 aromatic rings. The number of imidazole rings is 1. The Morgan fingerprint density at radius 3 is 2.61 bits per heavy atom. The van der Waals surface area contributed by atoms with Gasteiger partial charge in [0.1, 0.15) is 29.8 Å². The topological polar surface area (TPSA) is 108 Å². The van der Waals surface area contributed by atoms with Crippen molar-refractivity contribution in [3.63, 3.8) is 0 Å². The van der Waals surface area contributed by atoms with E-state index in [-0.39, 0.29) is 64.8 Å². The van der Waals surface area contributed by atoms with Crippen LogP contribution in [0.25, 0.3) is 27.7 Å². The molecule has 7 rings (SSSR count). The highest BCUT2D eigenvalue weighted by atomic mass is 19.4. The average Bonchev–Trinajstić information content (AvgIpc) is 3.81. The number of aromatic nitrogens is 3. The Hall–Kier alpha value is -4.96. The molecule has 1 atom stereocenters. The third kappa shape index (κ3) is 6.42. The van der Waals surface area contributed by atoms with Crippen molar-refractivity contribution in [2.45, 2.75) is 38.5 Å². The number of halogens is 5. The molecule has 2 N–H and O–H groups in total. The van der Waals surface area contributed by atoms with Gasteiger partial charge in [0.15, 0.2) is 0 Å². The summed E-state index contributed by atoms with van der Waals surface area (Å²) in [7, 11) is 3.07. The fourth-order valence-corrected chi connectivity index (χ4v) is 6.69. The number of amides is 1. The Labute approximate surface area is 287 Å². The van der Waals surface area contributed by atoms with Crippen LogP contribution in [0.2, 0.25) is 0 Å². The molecule has 0 radical (unpaired) electrons. The molecule has 266 valence electrons. The lowest BCUT2D eigenvalue weighted by Gasteiger charge is -2.22. The summed E-state index contributed by atoms with van der Waals surface area (Å²) in [6.07, 6.45) is 0.212. The summed E-state index contributed by atoms with van der Waals surface area (Å²) >= 11 is 0. The molecule has 2 aliphatic rings. The maximum atomic E-state index is 15.2. The molecule has 0 spiro atoms. The van der Waals surface area contributed by atoms with Crippen molar-refractivity contribution in [3.8, 4) is 11.1 Å². The molecule has 2 aliphatic heterocycles. The number of fused-ring (bicyclic) bond motifs is 4. The second-order valence-corrected chi connectivity index (χ2v) is 12.4. The number of methoxy groups -OCH3 is 1. The number of hydrogen-bond donors (Lipinski definition) is 2. The molecule has 51 heavy (non-hydrogen) atoms. The van der Waals surface area contributed by atoms with Crippen molar-refractivity contribution in [3.05, 3.63) is 100 Å². The van der Waals surface area contributed by atoms with Crippen LogP contribution in [0.3, 0.4) is 0 Å². The van der Waals surface area contributed by atoms with Gasteiger partial charge >= 0.3 is 6.18 Å². The molecule has 2 aromatic carbocycles. The maximum Gasteiger partial charge on any atom is 0.417 e. The molecule has 0 saturated carbocycles. The van der Waals surface area contributed by atoms with E-state index in [2.05, 4.69) is 15.6 Å². The van der Waals surface area contributed by atoms with E-state index in [9.17, 15) is 22.8 Å². The predicted octanol–water partition coefficient (Wildman–Crippen LogP) is 6.07. The summed E-state index contributed by atoms with van der Waals surface area (Å²) in [6.45, 7) is 1.36. The van der Waals surface area contributed by atoms with Crippen LogP contribution in [-0.4, -0.2) is 58.6 Å². The Kier molecular flexibility index (Phi) is 9.22. The number of anilines is 1. The standard InChI is InChI=1S/C36H32F5N5O5/c1-45-27-14-24(36(39,40)41)31-22-5-4-9-46-28(13-20(34(22)46)15-51-17-23(31)32(27)43-29(45)18-49-2)35(48)19-11-25(37)33(26(38)12-19)44-30(47)6-3-8-42-21-7-10-50-16-21/h3-6,9,11-14,21,42H,7-8,10,15-18H2,1-2H3,(H,44,47)/b6-3+/t21-/m0/s1. The number of ether oxygens (including phenoxy) is 3. The number of ketones is 1. The highest BCUT2D eigenvalue weighted by Crippen LogP contribution is 2.46. The molecule has 15 heteroatoms. The first-order valence-corrected chi connectivity index (χ1v) is 16.1. The van der Waals surface area contributed by atoms with Crippen LogP contribution < -0.4 is 10.6 Å². The van der Waals surface area contributed by atoms with Crippen LogP contribution >= 0.6 is 0 Å². The van der Waals surface area contributed by atoms with Gasteiger partial charge in [-0.1, -0.05) is 12.1 Å². The zero-order valence-electron chi connectivity index (χ0n) is 27.5. The molecule has 1 amide bonds. The van der Waals surface area contributed by atoms with Crippen molar-refractivity contribution >= 4 is 33.9 Å². The lowest BCUT2D eigenvalue weighted by Crippen LogP contribution is -2.29. The molecular weight excluding hydrogens is 677 g/mol. The smallest absolute Gasteiger partial charge is 0.380 e. The maximum absolute atomic E-state index is 15.2. The molecule has 0 aliphatic carbocycles. The van der Waals surface area contributed by atoms with Gasteiger partial charge in [0.25, 0.3) is 0 Å².